The lowest BCUT2D eigenvalue weighted by Gasteiger charge is -2.43. The summed E-state index contributed by atoms with van der Waals surface area (Å²) in [5.74, 6) is 2.39. The highest BCUT2D eigenvalue weighted by atomic mass is 16.3. The molecule has 2 atom stereocenters. The third-order valence-corrected chi connectivity index (χ3v) is 11.3. The minimum absolute atomic E-state index is 0.242. The number of furan rings is 2. The first-order chi connectivity index (χ1) is 24.8. The van der Waals surface area contributed by atoms with Gasteiger partial charge in [-0.25, -0.2) is 0 Å². The molecule has 0 fully saturated rings. The topological polar surface area (TPSA) is 26.3 Å². The second-order valence-corrected chi connectivity index (χ2v) is 13.8. The molecule has 3 aliphatic rings. The van der Waals surface area contributed by atoms with Gasteiger partial charge in [-0.2, -0.15) is 0 Å². The molecular formula is C48H32O2. The normalized spacial score (nSPS) is 16.2. The van der Waals surface area contributed by atoms with E-state index in [1.54, 1.807) is 0 Å². The van der Waals surface area contributed by atoms with Gasteiger partial charge in [0.15, 0.2) is 0 Å². The summed E-state index contributed by atoms with van der Waals surface area (Å²) >= 11 is 0. The molecule has 0 spiro atoms. The Morgan fingerprint density at radius 1 is 0.340 bits per heavy atom. The third-order valence-electron chi connectivity index (χ3n) is 11.3. The summed E-state index contributed by atoms with van der Waals surface area (Å²) in [6, 6.07) is 56.7. The van der Waals surface area contributed by atoms with Crippen LogP contribution in [0.15, 0.2) is 167 Å². The zero-order chi connectivity index (χ0) is 32.8. The quantitative estimate of drug-likeness (QED) is 0.191. The van der Waals surface area contributed by atoms with Crippen molar-refractivity contribution in [2.24, 2.45) is 0 Å². The molecule has 236 valence electrons. The van der Waals surface area contributed by atoms with Gasteiger partial charge in [0.1, 0.15) is 22.7 Å². The molecule has 2 bridgehead atoms. The van der Waals surface area contributed by atoms with Crippen LogP contribution in [0.1, 0.15) is 46.9 Å². The van der Waals surface area contributed by atoms with Crippen LogP contribution in [0.3, 0.4) is 0 Å². The lowest BCUT2D eigenvalue weighted by atomic mass is 9.60. The molecule has 0 amide bonds. The molecule has 0 N–H and O–H groups in total. The first kappa shape index (κ1) is 27.8. The van der Waals surface area contributed by atoms with Gasteiger partial charge in [0.25, 0.3) is 0 Å². The molecule has 0 aliphatic heterocycles. The minimum atomic E-state index is 0.242. The maximum Gasteiger partial charge on any atom is 0.144 e. The molecule has 50 heavy (non-hydrogen) atoms. The molecular weight excluding hydrogens is 609 g/mol. The Kier molecular flexibility index (Phi) is 5.94. The van der Waals surface area contributed by atoms with Crippen molar-refractivity contribution in [3.63, 3.8) is 0 Å². The number of benzene rings is 7. The summed E-state index contributed by atoms with van der Waals surface area (Å²) in [6.45, 7) is 0. The van der Waals surface area contributed by atoms with Crippen LogP contribution in [0.25, 0.3) is 77.6 Å². The molecule has 12 rings (SSSR count). The predicted octanol–water partition coefficient (Wildman–Crippen LogP) is 13.4. The Labute approximate surface area is 290 Å². The lowest BCUT2D eigenvalue weighted by Crippen LogP contribution is -2.26. The summed E-state index contributed by atoms with van der Waals surface area (Å²) in [5, 5.41) is 4.67. The number of rotatable bonds is 4. The molecule has 9 aromatic rings. The van der Waals surface area contributed by atoms with Crippen molar-refractivity contribution < 1.29 is 8.83 Å². The lowest BCUT2D eigenvalue weighted by molar-refractivity contribution is 0.519. The summed E-state index contributed by atoms with van der Waals surface area (Å²) in [6.07, 6.45) is 2.21. The van der Waals surface area contributed by atoms with Crippen LogP contribution < -0.4 is 0 Å². The van der Waals surface area contributed by atoms with Crippen LogP contribution in [0.2, 0.25) is 0 Å². The maximum atomic E-state index is 7.07. The molecule has 7 aromatic carbocycles. The fourth-order valence-electron chi connectivity index (χ4n) is 9.31. The van der Waals surface area contributed by atoms with E-state index in [4.69, 9.17) is 8.83 Å². The van der Waals surface area contributed by atoms with Gasteiger partial charge < -0.3 is 8.83 Å². The fourth-order valence-corrected chi connectivity index (χ4v) is 9.31. The highest BCUT2D eigenvalue weighted by Crippen LogP contribution is 2.62. The molecule has 2 aromatic heterocycles. The van der Waals surface area contributed by atoms with Gasteiger partial charge in [-0.15, -0.1) is 0 Å². The van der Waals surface area contributed by atoms with Crippen LogP contribution in [0.4, 0.5) is 0 Å². The molecule has 3 aliphatic carbocycles. The van der Waals surface area contributed by atoms with Gasteiger partial charge in [0, 0.05) is 44.9 Å². The fraction of sp³-hybridized carbons (Fsp3) is 0.0833. The standard InChI is InChI=1S/C48H32O2/c1-3-15-29(16-4-1)41-37-23-11-13-25-39(37)49-47(41)45-33-21-9-10-22-34(33)46(44-36-28-27-35(43(44)45)31-19-7-8-20-32(31)36)48-42(30-17-5-2-6-18-30)38-24-12-14-26-40(38)50-48/h1-26,35-36H,27-28H2. The van der Waals surface area contributed by atoms with E-state index < -0.39 is 0 Å². The van der Waals surface area contributed by atoms with E-state index in [1.165, 1.54) is 55.3 Å². The smallest absolute Gasteiger partial charge is 0.144 e. The van der Waals surface area contributed by atoms with Gasteiger partial charge in [0.2, 0.25) is 0 Å². The zero-order valence-electron chi connectivity index (χ0n) is 27.4. The monoisotopic (exact) mass is 640 g/mol. The van der Waals surface area contributed by atoms with E-state index in [2.05, 4.69) is 158 Å². The number of para-hydroxylation sites is 2. The molecule has 0 saturated carbocycles. The summed E-state index contributed by atoms with van der Waals surface area (Å²) in [7, 11) is 0. The van der Waals surface area contributed by atoms with E-state index >= 15 is 0 Å². The number of hydrogen-bond donors (Lipinski definition) is 0. The average molecular weight is 641 g/mol. The van der Waals surface area contributed by atoms with Gasteiger partial charge in [-0.1, -0.05) is 146 Å². The van der Waals surface area contributed by atoms with Gasteiger partial charge in [-0.3, -0.25) is 0 Å². The van der Waals surface area contributed by atoms with Gasteiger partial charge >= 0.3 is 0 Å². The van der Waals surface area contributed by atoms with E-state index in [1.807, 2.05) is 0 Å². The van der Waals surface area contributed by atoms with Crippen LogP contribution in [-0.4, -0.2) is 0 Å². The Morgan fingerprint density at radius 3 is 1.14 bits per heavy atom. The highest BCUT2D eigenvalue weighted by molar-refractivity contribution is 6.15. The van der Waals surface area contributed by atoms with Crippen LogP contribution in [-0.2, 0) is 0 Å². The van der Waals surface area contributed by atoms with Crippen molar-refractivity contribution >= 4 is 32.7 Å². The second-order valence-electron chi connectivity index (χ2n) is 13.8. The SMILES string of the molecule is c1ccc(-c2c(-c3c4c(c(-c5oc6ccccc6c5-c5ccccc5)c5ccccc35)C3CCC4c4ccccc43)oc3ccccc23)cc1. The largest absolute Gasteiger partial charge is 0.455 e. The van der Waals surface area contributed by atoms with Crippen molar-refractivity contribution in [1.82, 2.24) is 0 Å². The second kappa shape index (κ2) is 10.7. The van der Waals surface area contributed by atoms with E-state index in [-0.39, 0.29) is 11.8 Å². The van der Waals surface area contributed by atoms with E-state index in [0.29, 0.717) is 0 Å². The summed E-state index contributed by atoms with van der Waals surface area (Å²) < 4.78 is 14.1. The van der Waals surface area contributed by atoms with Crippen molar-refractivity contribution in [2.45, 2.75) is 24.7 Å². The van der Waals surface area contributed by atoms with Crippen molar-refractivity contribution in [2.75, 3.05) is 0 Å². The van der Waals surface area contributed by atoms with E-state index in [9.17, 15) is 0 Å². The minimum Gasteiger partial charge on any atom is -0.455 e. The molecule has 0 radical (unpaired) electrons. The number of fused-ring (bicyclic) bond motifs is 4. The third kappa shape index (κ3) is 3.85. The Bertz CT molecular complexity index is 2570. The Hall–Kier alpha value is -6.12. The molecule has 2 heteroatoms. The first-order valence-electron chi connectivity index (χ1n) is 17.7. The van der Waals surface area contributed by atoms with E-state index in [0.717, 1.165) is 57.4 Å². The van der Waals surface area contributed by atoms with Crippen molar-refractivity contribution in [3.05, 3.63) is 180 Å². The maximum absolute atomic E-state index is 7.07. The molecule has 0 saturated heterocycles. The molecule has 2 unspecified atom stereocenters. The first-order valence-corrected chi connectivity index (χ1v) is 17.7. The van der Waals surface area contributed by atoms with Crippen LogP contribution in [0.5, 0.6) is 0 Å². The molecule has 2 heterocycles. The Morgan fingerprint density at radius 2 is 0.700 bits per heavy atom. The van der Waals surface area contributed by atoms with Crippen molar-refractivity contribution in [3.8, 4) is 44.9 Å². The number of hydrogen-bond acceptors (Lipinski definition) is 2. The average Bonchev–Trinajstić information content (AvgIpc) is 3.77. The highest BCUT2D eigenvalue weighted by Gasteiger charge is 2.43. The Balaban J connectivity index is 1.34. The van der Waals surface area contributed by atoms with Crippen LogP contribution in [0, 0.1) is 0 Å². The van der Waals surface area contributed by atoms with Crippen molar-refractivity contribution in [1.29, 1.82) is 0 Å². The van der Waals surface area contributed by atoms with Gasteiger partial charge in [0.05, 0.1) is 0 Å². The van der Waals surface area contributed by atoms with Crippen LogP contribution >= 0.6 is 0 Å². The van der Waals surface area contributed by atoms with Gasteiger partial charge in [-0.05, 0) is 69.1 Å². The summed E-state index contributed by atoms with van der Waals surface area (Å²) in [5.41, 5.74) is 14.6. The summed E-state index contributed by atoms with van der Waals surface area (Å²) in [4.78, 5) is 0. The molecule has 2 nitrogen and oxygen atoms in total. The predicted molar refractivity (Wildman–Crippen MR) is 205 cm³/mol. The zero-order valence-corrected chi connectivity index (χ0v) is 27.4.